The Kier molecular flexibility index (Phi) is 3.23. The third-order valence-corrected chi connectivity index (χ3v) is 3.55. The van der Waals surface area contributed by atoms with Crippen molar-refractivity contribution in [1.82, 2.24) is 10.1 Å². The Morgan fingerprint density at radius 1 is 1.10 bits per heavy atom. The van der Waals surface area contributed by atoms with Crippen molar-refractivity contribution in [3.05, 3.63) is 53.0 Å². The van der Waals surface area contributed by atoms with Crippen molar-refractivity contribution in [1.29, 1.82) is 0 Å². The van der Waals surface area contributed by atoms with Crippen LogP contribution in [0, 0.1) is 5.82 Å². The van der Waals surface area contributed by atoms with Gasteiger partial charge >= 0.3 is 0 Å². The molecule has 0 bridgehead atoms. The highest BCUT2D eigenvalue weighted by atomic mass is 79.9. The van der Waals surface area contributed by atoms with Gasteiger partial charge in [-0.05, 0) is 45.8 Å². The van der Waals surface area contributed by atoms with Crippen LogP contribution in [-0.4, -0.2) is 10.1 Å². The summed E-state index contributed by atoms with van der Waals surface area (Å²) in [7, 11) is 0. The molecule has 2 heterocycles. The summed E-state index contributed by atoms with van der Waals surface area (Å²) in [6.45, 7) is 0. The summed E-state index contributed by atoms with van der Waals surface area (Å²) in [4.78, 5) is 3.95. The van der Waals surface area contributed by atoms with Gasteiger partial charge in [-0.3, -0.25) is 4.98 Å². The molecule has 0 spiro atoms. The number of nitrogens with two attached hydrogens (primary N) is 1. The fraction of sp³-hybridized carbons (Fsp3) is 0. The topological polar surface area (TPSA) is 64.9 Å². The van der Waals surface area contributed by atoms with Crippen molar-refractivity contribution in [2.45, 2.75) is 0 Å². The van der Waals surface area contributed by atoms with Crippen LogP contribution >= 0.6 is 15.9 Å². The van der Waals surface area contributed by atoms with Gasteiger partial charge in [0.05, 0.1) is 11.1 Å². The van der Waals surface area contributed by atoms with Gasteiger partial charge in [0.2, 0.25) is 5.88 Å². The summed E-state index contributed by atoms with van der Waals surface area (Å²) in [5, 5.41) is 3.89. The lowest BCUT2D eigenvalue weighted by Gasteiger charge is -2.05. The molecule has 0 saturated carbocycles. The van der Waals surface area contributed by atoms with Crippen LogP contribution in [0.3, 0.4) is 0 Å². The van der Waals surface area contributed by atoms with E-state index in [0.29, 0.717) is 21.3 Å². The zero-order valence-electron chi connectivity index (χ0n) is 10.2. The van der Waals surface area contributed by atoms with Crippen LogP contribution in [0.1, 0.15) is 0 Å². The number of pyridine rings is 1. The van der Waals surface area contributed by atoms with Gasteiger partial charge in [0.1, 0.15) is 11.5 Å². The summed E-state index contributed by atoms with van der Waals surface area (Å²) in [6, 6.07) is 8.24. The minimum atomic E-state index is -0.400. The molecule has 0 aliphatic rings. The SMILES string of the molecule is Nc1onc(-c2c(F)cccc2Br)c1-c1ccncc1. The van der Waals surface area contributed by atoms with E-state index in [1.807, 2.05) is 0 Å². The minimum absolute atomic E-state index is 0.140. The van der Waals surface area contributed by atoms with Gasteiger partial charge in [0.15, 0.2) is 0 Å². The quantitative estimate of drug-likeness (QED) is 0.772. The molecule has 2 aromatic heterocycles. The average Bonchev–Trinajstić information content (AvgIpc) is 2.81. The predicted octanol–water partition coefficient (Wildman–Crippen LogP) is 3.89. The zero-order chi connectivity index (χ0) is 14.1. The van der Waals surface area contributed by atoms with E-state index >= 15 is 0 Å². The van der Waals surface area contributed by atoms with Gasteiger partial charge in [-0.25, -0.2) is 4.39 Å². The lowest BCUT2D eigenvalue weighted by atomic mass is 10.0. The largest absolute Gasteiger partial charge is 0.367 e. The van der Waals surface area contributed by atoms with Crippen molar-refractivity contribution in [2.75, 3.05) is 5.73 Å². The van der Waals surface area contributed by atoms with Gasteiger partial charge in [-0.1, -0.05) is 11.2 Å². The number of nitrogens with zero attached hydrogens (tertiary/aromatic N) is 2. The van der Waals surface area contributed by atoms with E-state index in [1.165, 1.54) is 6.07 Å². The number of benzene rings is 1. The Hall–Kier alpha value is -2.21. The van der Waals surface area contributed by atoms with Crippen molar-refractivity contribution in [2.24, 2.45) is 0 Å². The Morgan fingerprint density at radius 2 is 1.85 bits per heavy atom. The molecule has 0 aliphatic carbocycles. The van der Waals surface area contributed by atoms with Gasteiger partial charge in [0.25, 0.3) is 0 Å². The van der Waals surface area contributed by atoms with E-state index in [-0.39, 0.29) is 5.88 Å². The van der Waals surface area contributed by atoms with E-state index in [1.54, 1.807) is 36.7 Å². The Balaban J connectivity index is 2.27. The molecule has 0 aliphatic heterocycles. The molecule has 100 valence electrons. The third-order valence-electron chi connectivity index (χ3n) is 2.89. The highest BCUT2D eigenvalue weighted by molar-refractivity contribution is 9.10. The smallest absolute Gasteiger partial charge is 0.230 e. The summed E-state index contributed by atoms with van der Waals surface area (Å²) in [5.41, 5.74) is 7.82. The van der Waals surface area contributed by atoms with Crippen LogP contribution in [0.2, 0.25) is 0 Å². The van der Waals surface area contributed by atoms with E-state index in [2.05, 4.69) is 26.1 Å². The average molecular weight is 334 g/mol. The summed E-state index contributed by atoms with van der Waals surface area (Å²) < 4.78 is 19.7. The second kappa shape index (κ2) is 5.05. The molecule has 0 unspecified atom stereocenters. The highest BCUT2D eigenvalue weighted by Crippen LogP contribution is 2.39. The van der Waals surface area contributed by atoms with Crippen LogP contribution in [0.4, 0.5) is 10.3 Å². The maximum Gasteiger partial charge on any atom is 0.230 e. The molecule has 0 amide bonds. The Bertz CT molecular complexity index is 738. The second-order valence-electron chi connectivity index (χ2n) is 4.10. The molecule has 0 radical (unpaired) electrons. The first-order chi connectivity index (χ1) is 9.68. The zero-order valence-corrected chi connectivity index (χ0v) is 11.8. The van der Waals surface area contributed by atoms with Gasteiger partial charge in [-0.15, -0.1) is 0 Å². The van der Waals surface area contributed by atoms with E-state index in [4.69, 9.17) is 10.3 Å². The number of rotatable bonds is 2. The first-order valence-electron chi connectivity index (χ1n) is 5.78. The molecule has 3 aromatic rings. The third kappa shape index (κ3) is 2.08. The molecule has 6 heteroatoms. The normalized spacial score (nSPS) is 10.7. The first-order valence-corrected chi connectivity index (χ1v) is 6.57. The minimum Gasteiger partial charge on any atom is -0.367 e. The molecule has 4 nitrogen and oxygen atoms in total. The van der Waals surface area contributed by atoms with E-state index in [0.717, 1.165) is 5.56 Å². The maximum atomic E-state index is 14.1. The standard InChI is InChI=1S/C14H9BrFN3O/c15-9-2-1-3-10(16)12(9)13-11(14(17)20-19-13)8-4-6-18-7-5-8/h1-7H,17H2. The number of hydrogen-bond acceptors (Lipinski definition) is 4. The molecular weight excluding hydrogens is 325 g/mol. The first kappa shape index (κ1) is 12.8. The summed E-state index contributed by atoms with van der Waals surface area (Å²) >= 11 is 3.32. The van der Waals surface area contributed by atoms with Gasteiger partial charge in [0, 0.05) is 16.9 Å². The molecule has 0 atom stereocenters. The summed E-state index contributed by atoms with van der Waals surface area (Å²) in [6.07, 6.45) is 3.25. The van der Waals surface area contributed by atoms with E-state index in [9.17, 15) is 4.39 Å². The fourth-order valence-electron chi connectivity index (χ4n) is 2.00. The van der Waals surface area contributed by atoms with Crippen LogP contribution < -0.4 is 5.73 Å². The monoisotopic (exact) mass is 333 g/mol. The Morgan fingerprint density at radius 3 is 2.55 bits per heavy atom. The summed E-state index contributed by atoms with van der Waals surface area (Å²) in [5.74, 6) is -0.260. The molecule has 1 aromatic carbocycles. The van der Waals surface area contributed by atoms with Crippen LogP contribution in [0.25, 0.3) is 22.4 Å². The van der Waals surface area contributed by atoms with E-state index < -0.39 is 5.82 Å². The van der Waals surface area contributed by atoms with Crippen LogP contribution in [0.5, 0.6) is 0 Å². The van der Waals surface area contributed by atoms with Crippen molar-refractivity contribution in [3.63, 3.8) is 0 Å². The Labute approximate surface area is 122 Å². The fourth-order valence-corrected chi connectivity index (χ4v) is 2.52. The van der Waals surface area contributed by atoms with Gasteiger partial charge in [-0.2, -0.15) is 0 Å². The predicted molar refractivity (Wildman–Crippen MR) is 77.2 cm³/mol. The number of anilines is 1. The molecule has 3 rings (SSSR count). The van der Waals surface area contributed by atoms with Crippen molar-refractivity contribution < 1.29 is 8.91 Å². The lowest BCUT2D eigenvalue weighted by molar-refractivity contribution is 0.439. The number of hydrogen-bond donors (Lipinski definition) is 1. The highest BCUT2D eigenvalue weighted by Gasteiger charge is 2.21. The van der Waals surface area contributed by atoms with Crippen molar-refractivity contribution >= 4 is 21.8 Å². The molecule has 0 fully saturated rings. The van der Waals surface area contributed by atoms with Crippen LogP contribution in [0.15, 0.2) is 51.7 Å². The number of aromatic nitrogens is 2. The maximum absolute atomic E-state index is 14.1. The van der Waals surface area contributed by atoms with Crippen LogP contribution in [-0.2, 0) is 0 Å². The second-order valence-corrected chi connectivity index (χ2v) is 4.96. The number of halogens is 2. The molecule has 0 saturated heterocycles. The number of nitrogen functional groups attached to an aromatic ring is 1. The molecular formula is C14H9BrFN3O. The van der Waals surface area contributed by atoms with Gasteiger partial charge < -0.3 is 10.3 Å². The lowest BCUT2D eigenvalue weighted by Crippen LogP contribution is -1.91. The van der Waals surface area contributed by atoms with Crippen molar-refractivity contribution in [3.8, 4) is 22.4 Å². The molecule has 20 heavy (non-hydrogen) atoms. The molecule has 2 N–H and O–H groups in total.